The molecule has 0 spiro atoms. The lowest BCUT2D eigenvalue weighted by molar-refractivity contribution is 0.0410. The van der Waals surface area contributed by atoms with Crippen molar-refractivity contribution >= 4 is 0 Å². The third-order valence-corrected chi connectivity index (χ3v) is 3.56. The molecule has 0 amide bonds. The van der Waals surface area contributed by atoms with Crippen molar-refractivity contribution < 1.29 is 8.78 Å². The number of nitrogens with two attached hydrogens (primary N) is 1. The van der Waals surface area contributed by atoms with Crippen molar-refractivity contribution in [3.63, 3.8) is 0 Å². The van der Waals surface area contributed by atoms with Crippen LogP contribution in [0.4, 0.5) is 8.78 Å². The van der Waals surface area contributed by atoms with Crippen LogP contribution in [0.15, 0.2) is 30.3 Å². The van der Waals surface area contributed by atoms with Crippen LogP contribution in [0.5, 0.6) is 0 Å². The summed E-state index contributed by atoms with van der Waals surface area (Å²) in [6.45, 7) is 1.46. The van der Waals surface area contributed by atoms with Crippen LogP contribution in [0.3, 0.4) is 0 Å². The third-order valence-electron chi connectivity index (χ3n) is 3.56. The van der Waals surface area contributed by atoms with Crippen LogP contribution >= 0.6 is 0 Å². The maximum Gasteiger partial charge on any atom is 0.256 e. The molecule has 3 heteroatoms. The van der Waals surface area contributed by atoms with Gasteiger partial charge in [-0.1, -0.05) is 30.3 Å². The topological polar surface area (TPSA) is 26.0 Å². The zero-order valence-electron chi connectivity index (χ0n) is 8.71. The Morgan fingerprint density at radius 3 is 2.20 bits per heavy atom. The highest BCUT2D eigenvalue weighted by atomic mass is 19.3. The molecule has 2 rings (SSSR count). The van der Waals surface area contributed by atoms with Crippen molar-refractivity contribution in [2.75, 3.05) is 0 Å². The average molecular weight is 211 g/mol. The summed E-state index contributed by atoms with van der Waals surface area (Å²) in [6.07, 6.45) is -0.969. The molecule has 0 radical (unpaired) electrons. The van der Waals surface area contributed by atoms with E-state index in [9.17, 15) is 8.78 Å². The minimum atomic E-state index is -2.49. The largest absolute Gasteiger partial charge is 0.320 e. The highest BCUT2D eigenvalue weighted by Gasteiger charge is 2.60. The molecule has 1 atom stereocenters. The van der Waals surface area contributed by atoms with E-state index >= 15 is 0 Å². The molecule has 0 heterocycles. The Kier molecular flexibility index (Phi) is 2.30. The molecule has 2 N–H and O–H groups in total. The van der Waals surface area contributed by atoms with Crippen LogP contribution in [0, 0.1) is 0 Å². The number of rotatable bonds is 3. The maximum atomic E-state index is 12.9. The lowest BCUT2D eigenvalue weighted by Crippen LogP contribution is -2.54. The van der Waals surface area contributed by atoms with E-state index < -0.39 is 17.4 Å². The van der Waals surface area contributed by atoms with Crippen LogP contribution in [-0.4, -0.2) is 12.0 Å². The highest BCUT2D eigenvalue weighted by Crippen LogP contribution is 2.56. The van der Waals surface area contributed by atoms with Crippen molar-refractivity contribution in [1.29, 1.82) is 0 Å². The summed E-state index contributed by atoms with van der Waals surface area (Å²) < 4.78 is 25.8. The molecule has 1 aliphatic rings. The summed E-state index contributed by atoms with van der Waals surface area (Å²) in [6, 6.07) is 9.41. The Bertz CT molecular complexity index is 342. The fraction of sp³-hybridized carbons (Fsp3) is 0.500. The van der Waals surface area contributed by atoms with E-state index in [0.717, 1.165) is 18.4 Å². The Hall–Kier alpha value is -0.960. The zero-order chi connectivity index (χ0) is 11.1. The van der Waals surface area contributed by atoms with Gasteiger partial charge in [-0.15, -0.1) is 0 Å². The van der Waals surface area contributed by atoms with Gasteiger partial charge in [-0.2, -0.15) is 0 Å². The van der Waals surface area contributed by atoms with Crippen molar-refractivity contribution in [2.24, 2.45) is 5.73 Å². The maximum absolute atomic E-state index is 12.9. The Labute approximate surface area is 88.3 Å². The van der Waals surface area contributed by atoms with Gasteiger partial charge in [0.05, 0.1) is 5.54 Å². The van der Waals surface area contributed by atoms with Crippen LogP contribution in [-0.2, 0) is 5.41 Å². The minimum absolute atomic E-state index is 0.511. The SMILES string of the molecule is CC(N)(C(F)F)C1(c2ccccc2)CC1. The summed E-state index contributed by atoms with van der Waals surface area (Å²) in [5.74, 6) is 0. The Morgan fingerprint density at radius 2 is 1.80 bits per heavy atom. The van der Waals surface area contributed by atoms with E-state index in [0.29, 0.717) is 0 Å². The van der Waals surface area contributed by atoms with E-state index in [2.05, 4.69) is 0 Å². The Morgan fingerprint density at radius 1 is 1.27 bits per heavy atom. The van der Waals surface area contributed by atoms with E-state index in [1.807, 2.05) is 30.3 Å². The third kappa shape index (κ3) is 1.46. The van der Waals surface area contributed by atoms with Crippen LogP contribution in [0.1, 0.15) is 25.3 Å². The molecule has 1 saturated carbocycles. The number of halogens is 2. The average Bonchev–Trinajstić information content (AvgIpc) is 3.00. The summed E-state index contributed by atoms with van der Waals surface area (Å²) in [5.41, 5.74) is 4.79. The molecular weight excluding hydrogens is 196 g/mol. The standard InChI is InChI=1S/C12H15F2N/c1-11(15,10(13)14)12(7-8-12)9-5-3-2-4-6-9/h2-6,10H,7-8,15H2,1H3. The second kappa shape index (κ2) is 3.27. The van der Waals surface area contributed by atoms with E-state index in [1.54, 1.807) is 0 Å². The first kappa shape index (κ1) is 10.6. The number of benzene rings is 1. The number of alkyl halides is 2. The molecule has 1 unspecified atom stereocenters. The van der Waals surface area contributed by atoms with Gasteiger partial charge in [0.25, 0.3) is 6.43 Å². The molecule has 0 aromatic heterocycles. The van der Waals surface area contributed by atoms with Crippen LogP contribution in [0.25, 0.3) is 0 Å². The molecule has 1 fully saturated rings. The second-order valence-electron chi connectivity index (χ2n) is 4.53. The van der Waals surface area contributed by atoms with Gasteiger partial charge in [-0.25, -0.2) is 8.78 Å². The van der Waals surface area contributed by atoms with Crippen LogP contribution in [0.2, 0.25) is 0 Å². The molecule has 1 nitrogen and oxygen atoms in total. The molecule has 1 aliphatic carbocycles. The first-order valence-corrected chi connectivity index (χ1v) is 5.13. The lowest BCUT2D eigenvalue weighted by Gasteiger charge is -2.34. The van der Waals surface area contributed by atoms with Crippen molar-refractivity contribution in [3.8, 4) is 0 Å². The summed E-state index contributed by atoms with van der Waals surface area (Å²) in [5, 5.41) is 0. The monoisotopic (exact) mass is 211 g/mol. The van der Waals surface area contributed by atoms with Gasteiger partial charge in [0, 0.05) is 5.41 Å². The van der Waals surface area contributed by atoms with Gasteiger partial charge in [0.1, 0.15) is 0 Å². The molecule has 1 aromatic rings. The first-order valence-electron chi connectivity index (χ1n) is 5.13. The normalized spacial score (nSPS) is 22.5. The first-order chi connectivity index (χ1) is 7.01. The highest BCUT2D eigenvalue weighted by molar-refractivity contribution is 5.37. The predicted octanol–water partition coefficient (Wildman–Crippen LogP) is 2.70. The van der Waals surface area contributed by atoms with Gasteiger partial charge >= 0.3 is 0 Å². The minimum Gasteiger partial charge on any atom is -0.320 e. The van der Waals surface area contributed by atoms with Crippen molar-refractivity contribution in [3.05, 3.63) is 35.9 Å². The van der Waals surface area contributed by atoms with E-state index in [1.165, 1.54) is 6.92 Å². The van der Waals surface area contributed by atoms with Crippen molar-refractivity contribution in [2.45, 2.75) is 37.1 Å². The summed E-state index contributed by atoms with van der Waals surface area (Å²) >= 11 is 0. The Balaban J connectivity index is 2.37. The molecular formula is C12H15F2N. The smallest absolute Gasteiger partial charge is 0.256 e. The van der Waals surface area contributed by atoms with Gasteiger partial charge in [-0.3, -0.25) is 0 Å². The zero-order valence-corrected chi connectivity index (χ0v) is 8.71. The summed E-state index contributed by atoms with van der Waals surface area (Å²) in [4.78, 5) is 0. The molecule has 0 bridgehead atoms. The molecule has 0 saturated heterocycles. The number of hydrogen-bond donors (Lipinski definition) is 1. The second-order valence-corrected chi connectivity index (χ2v) is 4.53. The van der Waals surface area contributed by atoms with Crippen LogP contribution < -0.4 is 5.73 Å². The van der Waals surface area contributed by atoms with Crippen molar-refractivity contribution in [1.82, 2.24) is 0 Å². The van der Waals surface area contributed by atoms with Gasteiger partial charge in [0.15, 0.2) is 0 Å². The lowest BCUT2D eigenvalue weighted by atomic mass is 9.78. The van der Waals surface area contributed by atoms with Gasteiger partial charge < -0.3 is 5.73 Å². The molecule has 82 valence electrons. The molecule has 0 aliphatic heterocycles. The molecule has 15 heavy (non-hydrogen) atoms. The van der Waals surface area contributed by atoms with Gasteiger partial charge in [-0.05, 0) is 25.3 Å². The quantitative estimate of drug-likeness (QED) is 0.817. The molecule has 1 aromatic carbocycles. The fourth-order valence-corrected chi connectivity index (χ4v) is 2.23. The van der Waals surface area contributed by atoms with E-state index in [-0.39, 0.29) is 0 Å². The van der Waals surface area contributed by atoms with E-state index in [4.69, 9.17) is 5.73 Å². The van der Waals surface area contributed by atoms with Gasteiger partial charge in [0.2, 0.25) is 0 Å². The predicted molar refractivity (Wildman–Crippen MR) is 56.0 cm³/mol. The fourth-order valence-electron chi connectivity index (χ4n) is 2.23. The summed E-state index contributed by atoms with van der Waals surface area (Å²) in [7, 11) is 0. The number of hydrogen-bond acceptors (Lipinski definition) is 1.